The van der Waals surface area contributed by atoms with Gasteiger partial charge in [-0.05, 0) is 56.8 Å². The Hall–Kier alpha value is -1.75. The summed E-state index contributed by atoms with van der Waals surface area (Å²) in [6.07, 6.45) is 2.77. The molecule has 0 aromatic heterocycles. The standard InChI is InChI=1S/C19H30N2O3/c1-14(2)21-9-5-6-16(13-21)12-20-19(22)11-15-7-8-17(23-3)18(10-15)24-4/h7-8,10,14,16H,5-6,9,11-13H2,1-4H3,(H,20,22). The first kappa shape index (κ1) is 18.6. The molecule has 1 saturated heterocycles. The Kier molecular flexibility index (Phi) is 6.91. The number of benzene rings is 1. The molecule has 0 bridgehead atoms. The summed E-state index contributed by atoms with van der Waals surface area (Å²) in [5, 5.41) is 3.09. The number of nitrogens with zero attached hydrogens (tertiary/aromatic N) is 1. The lowest BCUT2D eigenvalue weighted by Crippen LogP contribution is -2.43. The summed E-state index contributed by atoms with van der Waals surface area (Å²) in [7, 11) is 3.21. The van der Waals surface area contributed by atoms with Gasteiger partial charge in [-0.2, -0.15) is 0 Å². The minimum absolute atomic E-state index is 0.0592. The average Bonchev–Trinajstić information content (AvgIpc) is 2.60. The normalized spacial score (nSPS) is 18.5. The molecular formula is C19H30N2O3. The van der Waals surface area contributed by atoms with E-state index in [1.165, 1.54) is 19.4 Å². The van der Waals surface area contributed by atoms with Crippen molar-refractivity contribution < 1.29 is 14.3 Å². The molecule has 1 aromatic rings. The highest BCUT2D eigenvalue weighted by Gasteiger charge is 2.22. The molecule has 1 aliphatic heterocycles. The number of carbonyl (C=O) groups excluding carboxylic acids is 1. The average molecular weight is 334 g/mol. The third-order valence-electron chi connectivity index (χ3n) is 4.68. The SMILES string of the molecule is COc1ccc(CC(=O)NCC2CCCN(C(C)C)C2)cc1OC. The van der Waals surface area contributed by atoms with E-state index in [4.69, 9.17) is 9.47 Å². The van der Waals surface area contributed by atoms with Crippen LogP contribution in [0.25, 0.3) is 0 Å². The number of hydrogen-bond acceptors (Lipinski definition) is 4. The maximum Gasteiger partial charge on any atom is 0.224 e. The quantitative estimate of drug-likeness (QED) is 0.832. The van der Waals surface area contributed by atoms with Crippen LogP contribution in [-0.4, -0.2) is 50.7 Å². The fourth-order valence-corrected chi connectivity index (χ4v) is 3.23. The van der Waals surface area contributed by atoms with Crippen molar-refractivity contribution in [3.05, 3.63) is 23.8 Å². The zero-order valence-electron chi connectivity index (χ0n) is 15.3. The second-order valence-electron chi connectivity index (χ2n) is 6.77. The zero-order chi connectivity index (χ0) is 17.5. The Labute approximate surface area is 145 Å². The molecule has 1 fully saturated rings. The lowest BCUT2D eigenvalue weighted by atomic mass is 9.97. The van der Waals surface area contributed by atoms with Crippen LogP contribution in [-0.2, 0) is 11.2 Å². The Morgan fingerprint density at radius 2 is 2.04 bits per heavy atom. The molecule has 0 aliphatic carbocycles. The molecule has 1 aliphatic rings. The number of piperidine rings is 1. The number of ether oxygens (including phenoxy) is 2. The van der Waals surface area contributed by atoms with Gasteiger partial charge in [0.25, 0.3) is 0 Å². The van der Waals surface area contributed by atoms with Crippen molar-refractivity contribution in [2.45, 2.75) is 39.2 Å². The monoisotopic (exact) mass is 334 g/mol. The first-order chi connectivity index (χ1) is 11.5. The van der Waals surface area contributed by atoms with E-state index in [2.05, 4.69) is 24.1 Å². The van der Waals surface area contributed by atoms with Crippen LogP contribution >= 0.6 is 0 Å². The number of methoxy groups -OCH3 is 2. The van der Waals surface area contributed by atoms with E-state index < -0.39 is 0 Å². The molecule has 0 radical (unpaired) electrons. The van der Waals surface area contributed by atoms with E-state index in [1.807, 2.05) is 18.2 Å². The molecule has 0 saturated carbocycles. The topological polar surface area (TPSA) is 50.8 Å². The number of carbonyl (C=O) groups is 1. The van der Waals surface area contributed by atoms with Crippen molar-refractivity contribution in [3.63, 3.8) is 0 Å². The summed E-state index contributed by atoms with van der Waals surface area (Å²) < 4.78 is 10.5. The van der Waals surface area contributed by atoms with Gasteiger partial charge >= 0.3 is 0 Å². The van der Waals surface area contributed by atoms with Gasteiger partial charge in [0.15, 0.2) is 11.5 Å². The second-order valence-corrected chi connectivity index (χ2v) is 6.77. The number of nitrogens with one attached hydrogen (secondary N) is 1. The number of amides is 1. The Balaban J connectivity index is 1.83. The van der Waals surface area contributed by atoms with Gasteiger partial charge in [-0.1, -0.05) is 6.07 Å². The van der Waals surface area contributed by atoms with Crippen molar-refractivity contribution >= 4 is 5.91 Å². The fourth-order valence-electron chi connectivity index (χ4n) is 3.23. The van der Waals surface area contributed by atoms with Crippen molar-refractivity contribution in [2.75, 3.05) is 33.9 Å². The maximum absolute atomic E-state index is 12.2. The highest BCUT2D eigenvalue weighted by molar-refractivity contribution is 5.78. The molecule has 1 amide bonds. The van der Waals surface area contributed by atoms with Gasteiger partial charge in [0, 0.05) is 19.1 Å². The molecule has 5 heteroatoms. The highest BCUT2D eigenvalue weighted by Crippen LogP contribution is 2.27. The molecule has 1 unspecified atom stereocenters. The first-order valence-electron chi connectivity index (χ1n) is 8.75. The minimum Gasteiger partial charge on any atom is -0.493 e. The largest absolute Gasteiger partial charge is 0.493 e. The van der Waals surface area contributed by atoms with Gasteiger partial charge in [-0.15, -0.1) is 0 Å². The molecule has 1 N–H and O–H groups in total. The van der Waals surface area contributed by atoms with Gasteiger partial charge in [-0.25, -0.2) is 0 Å². The zero-order valence-corrected chi connectivity index (χ0v) is 15.3. The predicted molar refractivity (Wildman–Crippen MR) is 95.7 cm³/mol. The summed E-state index contributed by atoms with van der Waals surface area (Å²) in [4.78, 5) is 14.7. The molecule has 5 nitrogen and oxygen atoms in total. The highest BCUT2D eigenvalue weighted by atomic mass is 16.5. The van der Waals surface area contributed by atoms with Crippen LogP contribution in [0.3, 0.4) is 0 Å². The van der Waals surface area contributed by atoms with Gasteiger partial charge in [-0.3, -0.25) is 4.79 Å². The number of hydrogen-bond donors (Lipinski definition) is 1. The van der Waals surface area contributed by atoms with Crippen LogP contribution < -0.4 is 14.8 Å². The summed E-state index contributed by atoms with van der Waals surface area (Å²) in [5.41, 5.74) is 0.928. The third kappa shape index (κ3) is 5.13. The summed E-state index contributed by atoms with van der Waals surface area (Å²) >= 11 is 0. The lowest BCUT2D eigenvalue weighted by Gasteiger charge is -2.35. The van der Waals surface area contributed by atoms with Crippen molar-refractivity contribution in [1.82, 2.24) is 10.2 Å². The Morgan fingerprint density at radius 3 is 2.71 bits per heavy atom. The van der Waals surface area contributed by atoms with Crippen LogP contribution in [0.1, 0.15) is 32.3 Å². The first-order valence-corrected chi connectivity index (χ1v) is 8.75. The smallest absolute Gasteiger partial charge is 0.224 e. The Morgan fingerprint density at radius 1 is 1.29 bits per heavy atom. The third-order valence-corrected chi connectivity index (χ3v) is 4.68. The van der Waals surface area contributed by atoms with Crippen molar-refractivity contribution in [3.8, 4) is 11.5 Å². The summed E-state index contributed by atoms with van der Waals surface area (Å²) in [6.45, 7) is 7.48. The molecule has 1 heterocycles. The van der Waals surface area contributed by atoms with E-state index in [1.54, 1.807) is 14.2 Å². The minimum atomic E-state index is 0.0592. The Bertz CT molecular complexity index is 545. The van der Waals surface area contributed by atoms with Crippen LogP contribution in [0.15, 0.2) is 18.2 Å². The lowest BCUT2D eigenvalue weighted by molar-refractivity contribution is -0.120. The summed E-state index contributed by atoms with van der Waals surface area (Å²) in [6, 6.07) is 6.18. The molecule has 24 heavy (non-hydrogen) atoms. The van der Waals surface area contributed by atoms with E-state index in [0.29, 0.717) is 29.9 Å². The van der Waals surface area contributed by atoms with Gasteiger partial charge < -0.3 is 19.7 Å². The molecule has 1 atom stereocenters. The van der Waals surface area contributed by atoms with Crippen LogP contribution in [0.2, 0.25) is 0 Å². The molecular weight excluding hydrogens is 304 g/mol. The molecule has 0 spiro atoms. The maximum atomic E-state index is 12.2. The van der Waals surface area contributed by atoms with E-state index in [0.717, 1.165) is 18.7 Å². The van der Waals surface area contributed by atoms with Crippen molar-refractivity contribution in [1.29, 1.82) is 0 Å². The van der Waals surface area contributed by atoms with Crippen LogP contribution in [0.5, 0.6) is 11.5 Å². The number of rotatable bonds is 7. The van der Waals surface area contributed by atoms with E-state index in [-0.39, 0.29) is 5.91 Å². The second kappa shape index (κ2) is 8.92. The van der Waals surface area contributed by atoms with Gasteiger partial charge in [0.1, 0.15) is 0 Å². The van der Waals surface area contributed by atoms with E-state index >= 15 is 0 Å². The number of likely N-dealkylation sites (tertiary alicyclic amines) is 1. The molecule has 134 valence electrons. The van der Waals surface area contributed by atoms with Crippen LogP contribution in [0, 0.1) is 5.92 Å². The molecule has 1 aromatic carbocycles. The predicted octanol–water partition coefficient (Wildman–Crippen LogP) is 2.48. The molecule has 2 rings (SSSR count). The van der Waals surface area contributed by atoms with Gasteiger partial charge in [0.05, 0.1) is 20.6 Å². The van der Waals surface area contributed by atoms with Gasteiger partial charge in [0.2, 0.25) is 5.91 Å². The van der Waals surface area contributed by atoms with E-state index in [9.17, 15) is 4.79 Å². The van der Waals surface area contributed by atoms with Crippen molar-refractivity contribution in [2.24, 2.45) is 5.92 Å². The fraction of sp³-hybridized carbons (Fsp3) is 0.632. The summed E-state index contributed by atoms with van der Waals surface area (Å²) in [5.74, 6) is 1.94. The van der Waals surface area contributed by atoms with Crippen LogP contribution in [0.4, 0.5) is 0 Å².